The summed E-state index contributed by atoms with van der Waals surface area (Å²) in [5.74, 6) is 2.73. The monoisotopic (exact) mass is 350 g/mol. The molecule has 0 atom stereocenters. The molecule has 0 saturated carbocycles. The second kappa shape index (κ2) is 8.68. The fourth-order valence-corrected chi connectivity index (χ4v) is 2.55. The maximum atomic E-state index is 11.1. The van der Waals surface area contributed by atoms with Crippen LogP contribution in [0.5, 0.6) is 0 Å². The van der Waals surface area contributed by atoms with Gasteiger partial charge in [-0.3, -0.25) is 4.79 Å². The molecule has 130 valence electrons. The Bertz CT molecular complexity index is 646. The number of rotatable bonds is 10. The SMILES string of the molecule is CC(C)(CCc1nc(CSCCNc2ccccn2)no1)C(=O)O. The Morgan fingerprint density at radius 1 is 1.42 bits per heavy atom. The Hall–Kier alpha value is -2.09. The minimum absolute atomic E-state index is 0.463. The molecule has 2 aromatic heterocycles. The first-order chi connectivity index (χ1) is 11.5. The predicted octanol–water partition coefficient (Wildman–Crippen LogP) is 2.85. The molecule has 2 rings (SSSR count). The molecule has 2 heterocycles. The summed E-state index contributed by atoms with van der Waals surface area (Å²) in [5, 5.41) is 16.3. The molecular weight excluding hydrogens is 328 g/mol. The van der Waals surface area contributed by atoms with Crippen LogP contribution in [0, 0.1) is 5.41 Å². The average molecular weight is 350 g/mol. The summed E-state index contributed by atoms with van der Waals surface area (Å²) >= 11 is 1.70. The molecular formula is C16H22N4O3S. The second-order valence-electron chi connectivity index (χ2n) is 5.99. The van der Waals surface area contributed by atoms with E-state index in [4.69, 9.17) is 9.63 Å². The topological polar surface area (TPSA) is 101 Å². The van der Waals surface area contributed by atoms with Crippen molar-refractivity contribution in [3.05, 3.63) is 36.1 Å². The van der Waals surface area contributed by atoms with Gasteiger partial charge in [-0.2, -0.15) is 16.7 Å². The number of hydrogen-bond donors (Lipinski definition) is 2. The number of aromatic nitrogens is 3. The summed E-state index contributed by atoms with van der Waals surface area (Å²) < 4.78 is 5.17. The first kappa shape index (κ1) is 18.3. The van der Waals surface area contributed by atoms with Gasteiger partial charge >= 0.3 is 5.97 Å². The van der Waals surface area contributed by atoms with Gasteiger partial charge in [-0.1, -0.05) is 11.2 Å². The molecule has 8 heteroatoms. The zero-order chi connectivity index (χ0) is 17.4. The first-order valence-corrected chi connectivity index (χ1v) is 8.90. The van der Waals surface area contributed by atoms with Crippen molar-refractivity contribution < 1.29 is 14.4 Å². The molecule has 0 unspecified atom stereocenters. The summed E-state index contributed by atoms with van der Waals surface area (Å²) in [4.78, 5) is 19.6. The molecule has 7 nitrogen and oxygen atoms in total. The van der Waals surface area contributed by atoms with Gasteiger partial charge < -0.3 is 14.9 Å². The fourth-order valence-electron chi connectivity index (χ4n) is 1.86. The van der Waals surface area contributed by atoms with Gasteiger partial charge in [-0.15, -0.1) is 0 Å². The van der Waals surface area contributed by atoms with Crippen molar-refractivity contribution in [2.24, 2.45) is 5.41 Å². The van der Waals surface area contributed by atoms with E-state index < -0.39 is 11.4 Å². The van der Waals surface area contributed by atoms with Crippen molar-refractivity contribution >= 4 is 23.5 Å². The van der Waals surface area contributed by atoms with Crippen molar-refractivity contribution in [2.45, 2.75) is 32.4 Å². The van der Waals surface area contributed by atoms with E-state index in [2.05, 4.69) is 20.4 Å². The minimum atomic E-state index is -0.821. The highest BCUT2D eigenvalue weighted by atomic mass is 32.2. The highest BCUT2D eigenvalue weighted by Gasteiger charge is 2.27. The van der Waals surface area contributed by atoms with E-state index in [0.29, 0.717) is 30.3 Å². The lowest BCUT2D eigenvalue weighted by Crippen LogP contribution is -2.24. The van der Waals surface area contributed by atoms with Crippen LogP contribution in [0.4, 0.5) is 5.82 Å². The smallest absolute Gasteiger partial charge is 0.309 e. The number of nitrogens with zero attached hydrogens (tertiary/aromatic N) is 3. The third-order valence-corrected chi connectivity index (χ3v) is 4.46. The Morgan fingerprint density at radius 3 is 2.96 bits per heavy atom. The van der Waals surface area contributed by atoms with Crippen LogP contribution in [-0.4, -0.2) is 38.5 Å². The van der Waals surface area contributed by atoms with Crippen molar-refractivity contribution in [3.8, 4) is 0 Å². The Labute approximate surface area is 145 Å². The number of aryl methyl sites for hydroxylation is 1. The average Bonchev–Trinajstić information content (AvgIpc) is 3.01. The van der Waals surface area contributed by atoms with Gasteiger partial charge in [-0.05, 0) is 32.4 Å². The van der Waals surface area contributed by atoms with Crippen LogP contribution in [0.25, 0.3) is 0 Å². The van der Waals surface area contributed by atoms with Crippen LogP contribution in [0.2, 0.25) is 0 Å². The summed E-state index contributed by atoms with van der Waals surface area (Å²) in [6.45, 7) is 4.19. The third-order valence-electron chi connectivity index (χ3n) is 3.50. The molecule has 0 aliphatic heterocycles. The zero-order valence-corrected chi connectivity index (χ0v) is 14.7. The summed E-state index contributed by atoms with van der Waals surface area (Å²) in [6.07, 6.45) is 2.69. The largest absolute Gasteiger partial charge is 0.481 e. The normalized spacial score (nSPS) is 11.4. The maximum absolute atomic E-state index is 11.1. The Morgan fingerprint density at radius 2 is 2.25 bits per heavy atom. The number of hydrogen-bond acceptors (Lipinski definition) is 7. The van der Waals surface area contributed by atoms with E-state index in [1.54, 1.807) is 31.8 Å². The van der Waals surface area contributed by atoms with Crippen LogP contribution in [-0.2, 0) is 17.0 Å². The molecule has 2 N–H and O–H groups in total. The van der Waals surface area contributed by atoms with Gasteiger partial charge in [-0.25, -0.2) is 4.98 Å². The van der Waals surface area contributed by atoms with Crippen molar-refractivity contribution in [1.82, 2.24) is 15.1 Å². The Kier molecular flexibility index (Phi) is 6.60. The number of anilines is 1. The highest BCUT2D eigenvalue weighted by molar-refractivity contribution is 7.98. The standard InChI is InChI=1S/C16H22N4O3S/c1-16(2,15(21)22)7-6-14-19-13(20-23-14)11-24-10-9-18-12-5-3-4-8-17-12/h3-5,8H,6-7,9-11H2,1-2H3,(H,17,18)(H,21,22). The van der Waals surface area contributed by atoms with Gasteiger partial charge in [0.1, 0.15) is 5.82 Å². The van der Waals surface area contributed by atoms with Gasteiger partial charge in [0.25, 0.3) is 0 Å². The number of nitrogens with one attached hydrogen (secondary N) is 1. The predicted molar refractivity (Wildman–Crippen MR) is 92.9 cm³/mol. The van der Waals surface area contributed by atoms with Crippen molar-refractivity contribution in [3.63, 3.8) is 0 Å². The zero-order valence-electron chi connectivity index (χ0n) is 13.9. The third kappa shape index (κ3) is 5.84. The van der Waals surface area contributed by atoms with Crippen LogP contribution in [0.1, 0.15) is 32.0 Å². The molecule has 0 aliphatic rings. The molecule has 0 radical (unpaired) electrons. The number of carbonyl (C=O) groups is 1. The lowest BCUT2D eigenvalue weighted by atomic mass is 9.88. The highest BCUT2D eigenvalue weighted by Crippen LogP contribution is 2.22. The number of carboxylic acid groups (broad SMARTS) is 1. The quantitative estimate of drug-likeness (QED) is 0.631. The fraction of sp³-hybridized carbons (Fsp3) is 0.500. The van der Waals surface area contributed by atoms with Crippen LogP contribution in [0.15, 0.2) is 28.9 Å². The molecule has 2 aromatic rings. The van der Waals surface area contributed by atoms with E-state index in [9.17, 15) is 4.79 Å². The van der Waals surface area contributed by atoms with Gasteiger partial charge in [0.2, 0.25) is 5.89 Å². The van der Waals surface area contributed by atoms with Gasteiger partial charge in [0, 0.05) is 24.9 Å². The molecule has 0 aromatic carbocycles. The van der Waals surface area contributed by atoms with E-state index in [1.807, 2.05) is 18.2 Å². The van der Waals surface area contributed by atoms with Gasteiger partial charge in [0.15, 0.2) is 5.82 Å². The molecule has 0 aliphatic carbocycles. The van der Waals surface area contributed by atoms with Crippen LogP contribution < -0.4 is 5.32 Å². The van der Waals surface area contributed by atoms with Crippen molar-refractivity contribution in [1.29, 1.82) is 0 Å². The number of pyridine rings is 1. The van der Waals surface area contributed by atoms with E-state index in [0.717, 1.165) is 18.1 Å². The molecule has 0 bridgehead atoms. The lowest BCUT2D eigenvalue weighted by molar-refractivity contribution is -0.147. The second-order valence-corrected chi connectivity index (χ2v) is 7.09. The first-order valence-electron chi connectivity index (χ1n) is 7.75. The molecule has 0 spiro atoms. The van der Waals surface area contributed by atoms with E-state index >= 15 is 0 Å². The maximum Gasteiger partial charge on any atom is 0.309 e. The lowest BCUT2D eigenvalue weighted by Gasteiger charge is -2.17. The molecule has 0 amide bonds. The summed E-state index contributed by atoms with van der Waals surface area (Å²) in [5.41, 5.74) is -0.791. The number of aliphatic carboxylic acids is 1. The number of thioether (sulfide) groups is 1. The van der Waals surface area contributed by atoms with E-state index in [-0.39, 0.29) is 0 Å². The van der Waals surface area contributed by atoms with Crippen molar-refractivity contribution in [2.75, 3.05) is 17.6 Å². The molecule has 0 fully saturated rings. The Balaban J connectivity index is 1.65. The minimum Gasteiger partial charge on any atom is -0.481 e. The van der Waals surface area contributed by atoms with Crippen LogP contribution >= 0.6 is 11.8 Å². The van der Waals surface area contributed by atoms with Gasteiger partial charge in [0.05, 0.1) is 11.2 Å². The van der Waals surface area contributed by atoms with E-state index in [1.165, 1.54) is 0 Å². The molecule has 0 saturated heterocycles. The molecule has 24 heavy (non-hydrogen) atoms. The summed E-state index contributed by atoms with van der Waals surface area (Å²) in [6, 6.07) is 5.75. The summed E-state index contributed by atoms with van der Waals surface area (Å²) in [7, 11) is 0. The van der Waals surface area contributed by atoms with Crippen LogP contribution in [0.3, 0.4) is 0 Å². The number of carboxylic acids is 1.